The average Bonchev–Trinajstić information content (AvgIpc) is 3.13. The molecule has 0 aromatic heterocycles. The fourth-order valence-electron chi connectivity index (χ4n) is 7.30. The normalized spacial score (nSPS) is 15.0. The van der Waals surface area contributed by atoms with Gasteiger partial charge in [0.05, 0.1) is 25.0 Å². The predicted octanol–water partition coefficient (Wildman–Crippen LogP) is 11.9. The molecular formula is C44H86N2O4. The van der Waals surface area contributed by atoms with Gasteiger partial charge in [-0.05, 0) is 97.1 Å². The smallest absolute Gasteiger partial charge is 0.308 e. The summed E-state index contributed by atoms with van der Waals surface area (Å²) in [5.74, 6) is 0.0527. The van der Waals surface area contributed by atoms with Gasteiger partial charge in [-0.3, -0.25) is 9.59 Å². The van der Waals surface area contributed by atoms with E-state index in [-0.39, 0.29) is 23.8 Å². The first-order chi connectivity index (χ1) is 24.5. The van der Waals surface area contributed by atoms with Crippen LogP contribution in [-0.4, -0.2) is 74.2 Å². The maximum absolute atomic E-state index is 12.4. The van der Waals surface area contributed by atoms with Gasteiger partial charge in [0, 0.05) is 0 Å². The molecule has 0 radical (unpaired) electrons. The molecule has 2 unspecified atom stereocenters. The molecule has 0 N–H and O–H groups in total. The first-order valence-corrected chi connectivity index (χ1v) is 22.3. The van der Waals surface area contributed by atoms with E-state index in [1.54, 1.807) is 0 Å². The fourth-order valence-corrected chi connectivity index (χ4v) is 7.30. The molecule has 296 valence electrons. The van der Waals surface area contributed by atoms with Crippen molar-refractivity contribution in [3.8, 4) is 0 Å². The van der Waals surface area contributed by atoms with Crippen LogP contribution in [0.3, 0.4) is 0 Å². The minimum absolute atomic E-state index is 0.00376. The number of piperidine rings is 1. The van der Waals surface area contributed by atoms with Crippen LogP contribution in [0.4, 0.5) is 0 Å². The van der Waals surface area contributed by atoms with Crippen molar-refractivity contribution in [2.24, 2.45) is 11.8 Å². The molecule has 1 rings (SSSR count). The Morgan fingerprint density at radius 3 is 1.34 bits per heavy atom. The highest BCUT2D eigenvalue weighted by Crippen LogP contribution is 2.16. The van der Waals surface area contributed by atoms with Crippen LogP contribution >= 0.6 is 0 Å². The molecule has 0 amide bonds. The van der Waals surface area contributed by atoms with Crippen LogP contribution < -0.4 is 0 Å². The van der Waals surface area contributed by atoms with E-state index < -0.39 is 0 Å². The second-order valence-electron chi connectivity index (χ2n) is 15.9. The number of nitrogens with zero attached hydrogens (tertiary/aromatic N) is 2. The minimum atomic E-state index is 0.00376. The van der Waals surface area contributed by atoms with Gasteiger partial charge < -0.3 is 19.3 Å². The van der Waals surface area contributed by atoms with Crippen LogP contribution in [0.1, 0.15) is 207 Å². The summed E-state index contributed by atoms with van der Waals surface area (Å²) in [4.78, 5) is 30.2. The summed E-state index contributed by atoms with van der Waals surface area (Å²) in [5.41, 5.74) is 0. The Labute approximate surface area is 311 Å². The third-order valence-corrected chi connectivity index (χ3v) is 10.9. The van der Waals surface area contributed by atoms with E-state index in [2.05, 4.69) is 23.6 Å². The minimum Gasteiger partial charge on any atom is -0.465 e. The summed E-state index contributed by atoms with van der Waals surface area (Å²) in [6.07, 6.45) is 34.4. The van der Waals surface area contributed by atoms with E-state index in [4.69, 9.17) is 9.47 Å². The second-order valence-corrected chi connectivity index (χ2v) is 15.9. The first-order valence-electron chi connectivity index (χ1n) is 22.3. The molecule has 0 bridgehead atoms. The Kier molecular flexibility index (Phi) is 32.7. The van der Waals surface area contributed by atoms with E-state index in [1.807, 2.05) is 13.8 Å². The Morgan fingerprint density at radius 2 is 0.880 bits per heavy atom. The van der Waals surface area contributed by atoms with Crippen molar-refractivity contribution in [3.63, 3.8) is 0 Å². The molecule has 6 heteroatoms. The molecule has 0 aromatic rings. The average molecular weight is 707 g/mol. The van der Waals surface area contributed by atoms with E-state index in [9.17, 15) is 9.59 Å². The summed E-state index contributed by atoms with van der Waals surface area (Å²) in [7, 11) is 0. The Balaban J connectivity index is 2.19. The molecule has 0 saturated carbocycles. The van der Waals surface area contributed by atoms with Crippen LogP contribution in [0, 0.1) is 11.8 Å². The molecular weight excluding hydrogens is 620 g/mol. The topological polar surface area (TPSA) is 59.1 Å². The van der Waals surface area contributed by atoms with Crippen LogP contribution in [0.15, 0.2) is 0 Å². The Hall–Kier alpha value is -1.14. The number of unbranched alkanes of at least 4 members (excludes halogenated alkanes) is 18. The van der Waals surface area contributed by atoms with Gasteiger partial charge in [-0.2, -0.15) is 0 Å². The van der Waals surface area contributed by atoms with E-state index in [1.165, 1.54) is 181 Å². The first kappa shape index (κ1) is 46.9. The van der Waals surface area contributed by atoms with Crippen molar-refractivity contribution in [3.05, 3.63) is 0 Å². The van der Waals surface area contributed by atoms with Crippen molar-refractivity contribution < 1.29 is 19.1 Å². The molecule has 1 fully saturated rings. The zero-order valence-electron chi connectivity index (χ0n) is 34.1. The SMILES string of the molecule is CCCCCCCCCOC(=O)C(C)CCCCCCN(CCCCCCC(C)C(=O)OCCCCCCCCC)CCCN1CCCCC1. The summed E-state index contributed by atoms with van der Waals surface area (Å²) in [6.45, 7) is 17.2. The zero-order chi connectivity index (χ0) is 36.3. The highest BCUT2D eigenvalue weighted by atomic mass is 16.5. The monoisotopic (exact) mass is 707 g/mol. The van der Waals surface area contributed by atoms with Crippen LogP contribution in [-0.2, 0) is 19.1 Å². The van der Waals surface area contributed by atoms with E-state index in [0.717, 1.165) is 38.5 Å². The second kappa shape index (κ2) is 34.9. The van der Waals surface area contributed by atoms with Gasteiger partial charge in [-0.25, -0.2) is 0 Å². The molecule has 1 aliphatic heterocycles. The molecule has 0 aliphatic carbocycles. The summed E-state index contributed by atoms with van der Waals surface area (Å²) >= 11 is 0. The molecule has 1 saturated heterocycles. The highest BCUT2D eigenvalue weighted by molar-refractivity contribution is 5.72. The van der Waals surface area contributed by atoms with Gasteiger partial charge in [-0.15, -0.1) is 0 Å². The Bertz CT molecular complexity index is 706. The number of esters is 2. The van der Waals surface area contributed by atoms with Gasteiger partial charge in [0.25, 0.3) is 0 Å². The zero-order valence-corrected chi connectivity index (χ0v) is 34.1. The summed E-state index contributed by atoms with van der Waals surface area (Å²) in [5, 5.41) is 0. The van der Waals surface area contributed by atoms with E-state index >= 15 is 0 Å². The van der Waals surface area contributed by atoms with E-state index in [0.29, 0.717) is 13.2 Å². The van der Waals surface area contributed by atoms with Crippen LogP contribution in [0.5, 0.6) is 0 Å². The molecule has 50 heavy (non-hydrogen) atoms. The third kappa shape index (κ3) is 28.4. The van der Waals surface area contributed by atoms with Gasteiger partial charge in [0.1, 0.15) is 0 Å². The largest absolute Gasteiger partial charge is 0.465 e. The van der Waals surface area contributed by atoms with Crippen LogP contribution in [0.2, 0.25) is 0 Å². The van der Waals surface area contributed by atoms with Crippen molar-refractivity contribution in [1.29, 1.82) is 0 Å². The van der Waals surface area contributed by atoms with Gasteiger partial charge >= 0.3 is 11.9 Å². The maximum atomic E-state index is 12.4. The van der Waals surface area contributed by atoms with Gasteiger partial charge in [0.15, 0.2) is 0 Å². The number of likely N-dealkylation sites (tertiary alicyclic amines) is 1. The molecule has 0 spiro atoms. The number of ether oxygens (including phenoxy) is 2. The number of carbonyl (C=O) groups excluding carboxylic acids is 2. The summed E-state index contributed by atoms with van der Waals surface area (Å²) in [6, 6.07) is 0. The molecule has 0 aromatic carbocycles. The number of carbonyl (C=O) groups is 2. The summed E-state index contributed by atoms with van der Waals surface area (Å²) < 4.78 is 11.1. The van der Waals surface area contributed by atoms with Gasteiger partial charge in [-0.1, -0.05) is 150 Å². The lowest BCUT2D eigenvalue weighted by Gasteiger charge is -2.28. The molecule has 6 nitrogen and oxygen atoms in total. The number of hydrogen-bond donors (Lipinski definition) is 0. The van der Waals surface area contributed by atoms with Crippen LogP contribution in [0.25, 0.3) is 0 Å². The van der Waals surface area contributed by atoms with Crippen molar-refractivity contribution in [1.82, 2.24) is 9.80 Å². The van der Waals surface area contributed by atoms with Crippen molar-refractivity contribution in [2.75, 3.05) is 52.5 Å². The Morgan fingerprint density at radius 1 is 0.500 bits per heavy atom. The number of rotatable bonds is 36. The molecule has 2 atom stereocenters. The standard InChI is InChI=1S/C44H86N2O4/c1-5-7-9-11-13-19-28-39-49-43(47)41(3)31-22-15-17-24-33-45(37-30-38-46-35-26-21-27-36-46)34-25-18-16-23-32-42(4)44(48)50-40-29-20-14-12-10-8-6-2/h41-42H,5-40H2,1-4H3. The van der Waals surface area contributed by atoms with Gasteiger partial charge in [0.2, 0.25) is 0 Å². The predicted molar refractivity (Wildman–Crippen MR) is 214 cm³/mol. The van der Waals surface area contributed by atoms with Crippen molar-refractivity contribution >= 4 is 11.9 Å². The lowest BCUT2D eigenvalue weighted by Crippen LogP contribution is -2.34. The molecule has 1 heterocycles. The lowest BCUT2D eigenvalue weighted by molar-refractivity contribution is -0.149. The third-order valence-electron chi connectivity index (χ3n) is 10.9. The van der Waals surface area contributed by atoms with Crippen molar-refractivity contribution in [2.45, 2.75) is 207 Å². The highest BCUT2D eigenvalue weighted by Gasteiger charge is 2.16. The quantitative estimate of drug-likeness (QED) is 0.0477. The number of hydrogen-bond acceptors (Lipinski definition) is 6. The maximum Gasteiger partial charge on any atom is 0.308 e. The fraction of sp³-hybridized carbons (Fsp3) is 0.955. The molecule has 1 aliphatic rings. The lowest BCUT2D eigenvalue weighted by atomic mass is 10.0.